The van der Waals surface area contributed by atoms with Gasteiger partial charge < -0.3 is 9.52 Å². The van der Waals surface area contributed by atoms with Crippen molar-refractivity contribution in [1.29, 1.82) is 0 Å². The Balaban J connectivity index is 1.82. The summed E-state index contributed by atoms with van der Waals surface area (Å²) in [5.41, 5.74) is 4.74. The van der Waals surface area contributed by atoms with Crippen LogP contribution >= 0.6 is 0 Å². The first-order valence-corrected chi connectivity index (χ1v) is 6.75. The second-order valence-electron chi connectivity index (χ2n) is 4.86. The quantitative estimate of drug-likeness (QED) is 0.575. The molecule has 1 heterocycles. The van der Waals surface area contributed by atoms with Crippen LogP contribution in [0, 0.1) is 6.92 Å². The van der Waals surface area contributed by atoms with Gasteiger partial charge in [0.15, 0.2) is 0 Å². The molecule has 3 aromatic rings. The number of phenolic OH excluding ortho intramolecular Hbond substituents is 1. The zero-order valence-electron chi connectivity index (χ0n) is 11.9. The summed E-state index contributed by atoms with van der Waals surface area (Å²) in [7, 11) is 0. The van der Waals surface area contributed by atoms with E-state index in [0.29, 0.717) is 11.0 Å². The van der Waals surface area contributed by atoms with Crippen LogP contribution in [-0.2, 0) is 0 Å². The maximum Gasteiger partial charge on any atom is 0.275 e. The van der Waals surface area contributed by atoms with E-state index in [9.17, 15) is 9.90 Å². The summed E-state index contributed by atoms with van der Waals surface area (Å²) in [4.78, 5) is 12.1. The maximum atomic E-state index is 12.1. The SMILES string of the molecule is Cc1coc2ccc(C(=O)NN=Cc3ccccc3)c(O)c12. The van der Waals surface area contributed by atoms with E-state index in [1.165, 1.54) is 12.3 Å². The fourth-order valence-corrected chi connectivity index (χ4v) is 2.21. The molecule has 1 aromatic heterocycles. The van der Waals surface area contributed by atoms with Gasteiger partial charge in [0.2, 0.25) is 0 Å². The molecule has 0 aliphatic rings. The number of fused-ring (bicyclic) bond motifs is 1. The molecule has 0 atom stereocenters. The molecule has 1 amide bonds. The summed E-state index contributed by atoms with van der Waals surface area (Å²) in [5, 5.41) is 14.7. The van der Waals surface area contributed by atoms with Crippen molar-refractivity contribution < 1.29 is 14.3 Å². The molecule has 2 N–H and O–H groups in total. The van der Waals surface area contributed by atoms with E-state index in [1.54, 1.807) is 19.3 Å². The largest absolute Gasteiger partial charge is 0.506 e. The van der Waals surface area contributed by atoms with Gasteiger partial charge in [0.1, 0.15) is 11.3 Å². The average molecular weight is 294 g/mol. The van der Waals surface area contributed by atoms with Crippen molar-refractivity contribution in [3.8, 4) is 5.75 Å². The Morgan fingerprint density at radius 2 is 2.00 bits per heavy atom. The molecular formula is C17H14N2O3. The molecule has 0 saturated heterocycles. The van der Waals surface area contributed by atoms with Gasteiger partial charge in [-0.1, -0.05) is 30.3 Å². The van der Waals surface area contributed by atoms with Crippen molar-refractivity contribution in [3.63, 3.8) is 0 Å². The highest BCUT2D eigenvalue weighted by Crippen LogP contribution is 2.32. The molecule has 0 bridgehead atoms. The lowest BCUT2D eigenvalue weighted by atomic mass is 10.1. The Kier molecular flexibility index (Phi) is 3.62. The molecule has 0 saturated carbocycles. The number of furan rings is 1. The van der Waals surface area contributed by atoms with Gasteiger partial charge in [-0.25, -0.2) is 5.43 Å². The molecular weight excluding hydrogens is 280 g/mol. The van der Waals surface area contributed by atoms with Gasteiger partial charge in [-0.05, 0) is 30.2 Å². The van der Waals surface area contributed by atoms with Crippen molar-refractivity contribution in [2.24, 2.45) is 5.10 Å². The lowest BCUT2D eigenvalue weighted by molar-refractivity contribution is 0.0952. The summed E-state index contributed by atoms with van der Waals surface area (Å²) in [6, 6.07) is 12.6. The zero-order valence-corrected chi connectivity index (χ0v) is 11.9. The monoisotopic (exact) mass is 294 g/mol. The molecule has 0 aliphatic carbocycles. The van der Waals surface area contributed by atoms with Crippen LogP contribution in [0.2, 0.25) is 0 Å². The minimum atomic E-state index is -0.479. The number of aromatic hydroxyl groups is 1. The van der Waals surface area contributed by atoms with Crippen LogP contribution in [0.4, 0.5) is 0 Å². The smallest absolute Gasteiger partial charge is 0.275 e. The summed E-state index contributed by atoms with van der Waals surface area (Å²) in [5.74, 6) is -0.580. The van der Waals surface area contributed by atoms with E-state index >= 15 is 0 Å². The zero-order chi connectivity index (χ0) is 15.5. The lowest BCUT2D eigenvalue weighted by Crippen LogP contribution is -2.17. The van der Waals surface area contributed by atoms with Crippen LogP contribution in [0.3, 0.4) is 0 Å². The molecule has 5 heteroatoms. The Labute approximate surface area is 126 Å². The first-order valence-electron chi connectivity index (χ1n) is 6.75. The van der Waals surface area contributed by atoms with Crippen LogP contribution in [0.15, 0.2) is 58.2 Å². The van der Waals surface area contributed by atoms with Crippen LogP contribution < -0.4 is 5.43 Å². The number of hydrogen-bond acceptors (Lipinski definition) is 4. The topological polar surface area (TPSA) is 74.8 Å². The van der Waals surface area contributed by atoms with E-state index in [1.807, 2.05) is 30.3 Å². The van der Waals surface area contributed by atoms with Gasteiger partial charge in [-0.3, -0.25) is 4.79 Å². The third-order valence-corrected chi connectivity index (χ3v) is 3.32. The molecule has 2 aromatic carbocycles. The third kappa shape index (κ3) is 2.56. The fourth-order valence-electron chi connectivity index (χ4n) is 2.21. The molecule has 22 heavy (non-hydrogen) atoms. The Bertz CT molecular complexity index is 851. The van der Waals surface area contributed by atoms with E-state index < -0.39 is 5.91 Å². The summed E-state index contributed by atoms with van der Waals surface area (Å²) in [6.07, 6.45) is 3.08. The summed E-state index contributed by atoms with van der Waals surface area (Å²) < 4.78 is 5.28. The Morgan fingerprint density at radius 1 is 1.23 bits per heavy atom. The van der Waals surface area contributed by atoms with Crippen LogP contribution in [0.1, 0.15) is 21.5 Å². The van der Waals surface area contributed by atoms with Crippen molar-refractivity contribution >= 4 is 23.1 Å². The maximum absolute atomic E-state index is 12.1. The number of phenols is 1. The number of aryl methyl sites for hydroxylation is 1. The molecule has 0 fully saturated rings. The molecule has 0 spiro atoms. The van der Waals surface area contributed by atoms with Crippen molar-refractivity contribution in [3.05, 3.63) is 65.4 Å². The number of nitrogens with zero attached hydrogens (tertiary/aromatic N) is 1. The standard InChI is InChI=1S/C17H14N2O3/c1-11-10-22-14-8-7-13(16(20)15(11)14)17(21)19-18-9-12-5-3-2-4-6-12/h2-10,20H,1H3,(H,19,21). The number of hydrogen-bond donors (Lipinski definition) is 2. The third-order valence-electron chi connectivity index (χ3n) is 3.32. The predicted molar refractivity (Wildman–Crippen MR) is 84.1 cm³/mol. The van der Waals surface area contributed by atoms with E-state index in [0.717, 1.165) is 11.1 Å². The number of benzene rings is 2. The predicted octanol–water partition coefficient (Wildman–Crippen LogP) is 3.21. The Morgan fingerprint density at radius 3 is 2.77 bits per heavy atom. The second-order valence-corrected chi connectivity index (χ2v) is 4.86. The lowest BCUT2D eigenvalue weighted by Gasteiger charge is -2.04. The van der Waals surface area contributed by atoms with Gasteiger partial charge in [0, 0.05) is 0 Å². The van der Waals surface area contributed by atoms with Gasteiger partial charge in [-0.2, -0.15) is 5.10 Å². The molecule has 0 aliphatic heterocycles. The van der Waals surface area contributed by atoms with Gasteiger partial charge in [0.25, 0.3) is 5.91 Å². The van der Waals surface area contributed by atoms with E-state index in [-0.39, 0.29) is 11.3 Å². The first-order chi connectivity index (χ1) is 10.7. The average Bonchev–Trinajstić information content (AvgIpc) is 2.91. The molecule has 5 nitrogen and oxygen atoms in total. The van der Waals surface area contributed by atoms with Crippen molar-refractivity contribution in [1.82, 2.24) is 5.43 Å². The fraction of sp³-hybridized carbons (Fsp3) is 0.0588. The van der Waals surface area contributed by atoms with Crippen LogP contribution in [0.25, 0.3) is 11.0 Å². The summed E-state index contributed by atoms with van der Waals surface area (Å²) >= 11 is 0. The number of rotatable bonds is 3. The number of carbonyl (C=O) groups excluding carboxylic acids is 1. The molecule has 3 rings (SSSR count). The first kappa shape index (κ1) is 13.9. The highest BCUT2D eigenvalue weighted by Gasteiger charge is 2.16. The molecule has 0 unspecified atom stereocenters. The van der Waals surface area contributed by atoms with E-state index in [4.69, 9.17) is 4.42 Å². The van der Waals surface area contributed by atoms with Crippen molar-refractivity contribution in [2.75, 3.05) is 0 Å². The van der Waals surface area contributed by atoms with Crippen LogP contribution in [0.5, 0.6) is 5.75 Å². The highest BCUT2D eigenvalue weighted by molar-refractivity contribution is 6.03. The number of hydrazone groups is 1. The number of amides is 1. The van der Waals surface area contributed by atoms with Crippen LogP contribution in [-0.4, -0.2) is 17.2 Å². The van der Waals surface area contributed by atoms with Gasteiger partial charge >= 0.3 is 0 Å². The number of carbonyl (C=O) groups is 1. The van der Waals surface area contributed by atoms with Crippen molar-refractivity contribution in [2.45, 2.75) is 6.92 Å². The van der Waals surface area contributed by atoms with E-state index in [2.05, 4.69) is 10.5 Å². The summed E-state index contributed by atoms with van der Waals surface area (Å²) in [6.45, 7) is 1.81. The molecule has 110 valence electrons. The minimum absolute atomic E-state index is 0.101. The molecule has 0 radical (unpaired) electrons. The second kappa shape index (κ2) is 5.73. The number of nitrogens with one attached hydrogen (secondary N) is 1. The van der Waals surface area contributed by atoms with Gasteiger partial charge in [0.05, 0.1) is 23.4 Å². The van der Waals surface area contributed by atoms with Gasteiger partial charge in [-0.15, -0.1) is 0 Å². The highest BCUT2D eigenvalue weighted by atomic mass is 16.3. The Hall–Kier alpha value is -3.08. The minimum Gasteiger partial charge on any atom is -0.506 e. The normalized spacial score (nSPS) is 11.1.